The van der Waals surface area contributed by atoms with Crippen LogP contribution in [-0.2, 0) is 20.9 Å². The number of rotatable bonds is 5. The van der Waals surface area contributed by atoms with Crippen molar-refractivity contribution in [3.8, 4) is 0 Å². The van der Waals surface area contributed by atoms with Gasteiger partial charge in [-0.15, -0.1) is 0 Å². The molecule has 3 aromatic rings. The highest BCUT2D eigenvalue weighted by Gasteiger charge is 2.24. The van der Waals surface area contributed by atoms with Gasteiger partial charge in [0.25, 0.3) is 11.7 Å². The standard InChI is InChI=1S/C21H14F2N2O4/c22-13-5-6-17(23)12(7-13)9-25-10-16(15-3-1-2-4-18(15)25)20(27)21(28)24-14-8-19(26)29-11-14/h1-8,10H,9,11H2,(H,24,28). The van der Waals surface area contributed by atoms with Crippen molar-refractivity contribution >= 4 is 28.6 Å². The Morgan fingerprint density at radius 2 is 1.93 bits per heavy atom. The molecule has 0 unspecified atom stereocenters. The Bertz CT molecular complexity index is 1200. The summed E-state index contributed by atoms with van der Waals surface area (Å²) in [6.45, 7) is -0.134. The number of hydrogen-bond acceptors (Lipinski definition) is 4. The Hall–Kier alpha value is -3.81. The fourth-order valence-electron chi connectivity index (χ4n) is 3.18. The molecule has 2 aromatic carbocycles. The average Bonchev–Trinajstić information content (AvgIpc) is 3.28. The summed E-state index contributed by atoms with van der Waals surface area (Å²) in [7, 11) is 0. The van der Waals surface area contributed by atoms with Gasteiger partial charge in [-0.2, -0.15) is 0 Å². The molecule has 0 aliphatic carbocycles. The van der Waals surface area contributed by atoms with Crippen molar-refractivity contribution in [1.29, 1.82) is 0 Å². The zero-order chi connectivity index (χ0) is 20.5. The van der Waals surface area contributed by atoms with Crippen LogP contribution in [0.15, 0.2) is 60.4 Å². The molecule has 0 saturated heterocycles. The van der Waals surface area contributed by atoms with Gasteiger partial charge in [0.15, 0.2) is 0 Å². The molecule has 1 amide bonds. The second-order valence-electron chi connectivity index (χ2n) is 6.48. The van der Waals surface area contributed by atoms with Gasteiger partial charge < -0.3 is 14.6 Å². The Labute approximate surface area is 163 Å². The largest absolute Gasteiger partial charge is 0.456 e. The normalized spacial score (nSPS) is 13.3. The molecule has 6 nitrogen and oxygen atoms in total. The minimum atomic E-state index is -0.922. The lowest BCUT2D eigenvalue weighted by molar-refractivity contribution is -0.135. The highest BCUT2D eigenvalue weighted by atomic mass is 19.1. The molecule has 0 fully saturated rings. The van der Waals surface area contributed by atoms with Crippen LogP contribution in [0.2, 0.25) is 0 Å². The van der Waals surface area contributed by atoms with E-state index >= 15 is 0 Å². The van der Waals surface area contributed by atoms with E-state index in [4.69, 9.17) is 0 Å². The molecule has 1 aliphatic heterocycles. The van der Waals surface area contributed by atoms with Gasteiger partial charge in [0.05, 0.1) is 17.8 Å². The Balaban J connectivity index is 1.67. The van der Waals surface area contributed by atoms with Crippen molar-refractivity contribution in [3.05, 3.63) is 83.2 Å². The van der Waals surface area contributed by atoms with Crippen molar-refractivity contribution in [1.82, 2.24) is 9.88 Å². The fourth-order valence-corrected chi connectivity index (χ4v) is 3.18. The number of amides is 1. The smallest absolute Gasteiger partial charge is 0.333 e. The summed E-state index contributed by atoms with van der Waals surface area (Å²) < 4.78 is 33.8. The van der Waals surface area contributed by atoms with E-state index in [1.165, 1.54) is 6.20 Å². The lowest BCUT2D eigenvalue weighted by atomic mass is 10.1. The SMILES string of the molecule is O=C1C=C(NC(=O)C(=O)c2cn(Cc3cc(F)ccc3F)c3ccccc23)CO1. The molecule has 1 N–H and O–H groups in total. The summed E-state index contributed by atoms with van der Waals surface area (Å²) in [6, 6.07) is 9.97. The lowest BCUT2D eigenvalue weighted by Crippen LogP contribution is -2.31. The first kappa shape index (κ1) is 18.5. The number of carbonyl (C=O) groups is 3. The van der Waals surface area contributed by atoms with Crippen LogP contribution in [0.5, 0.6) is 0 Å². The zero-order valence-corrected chi connectivity index (χ0v) is 14.9. The highest BCUT2D eigenvalue weighted by Crippen LogP contribution is 2.24. The van der Waals surface area contributed by atoms with Gasteiger partial charge in [-0.1, -0.05) is 18.2 Å². The molecule has 29 heavy (non-hydrogen) atoms. The zero-order valence-electron chi connectivity index (χ0n) is 14.9. The van der Waals surface area contributed by atoms with Crippen LogP contribution in [0.1, 0.15) is 15.9 Å². The number of para-hydroxylation sites is 1. The van der Waals surface area contributed by atoms with Crippen molar-refractivity contribution in [2.75, 3.05) is 6.61 Å². The third-order valence-electron chi connectivity index (χ3n) is 4.52. The van der Waals surface area contributed by atoms with Gasteiger partial charge in [-0.25, -0.2) is 13.6 Å². The van der Waals surface area contributed by atoms with Gasteiger partial charge >= 0.3 is 5.97 Å². The molecule has 0 spiro atoms. The van der Waals surface area contributed by atoms with E-state index in [0.29, 0.717) is 10.9 Å². The van der Waals surface area contributed by atoms with E-state index in [2.05, 4.69) is 10.1 Å². The highest BCUT2D eigenvalue weighted by molar-refractivity contribution is 6.45. The predicted octanol–water partition coefficient (Wildman–Crippen LogP) is 2.71. The van der Waals surface area contributed by atoms with E-state index in [1.807, 2.05) is 0 Å². The van der Waals surface area contributed by atoms with Crippen LogP contribution in [0, 0.1) is 11.6 Å². The molecule has 8 heteroatoms. The maximum absolute atomic E-state index is 14.1. The molecule has 0 radical (unpaired) electrons. The van der Waals surface area contributed by atoms with Gasteiger partial charge in [-0.3, -0.25) is 9.59 Å². The topological polar surface area (TPSA) is 77.4 Å². The van der Waals surface area contributed by atoms with Crippen molar-refractivity contribution in [2.45, 2.75) is 6.54 Å². The number of esters is 1. The van der Waals surface area contributed by atoms with E-state index in [-0.39, 0.29) is 30.0 Å². The Kier molecular flexibility index (Phi) is 4.67. The van der Waals surface area contributed by atoms with E-state index in [1.54, 1.807) is 28.8 Å². The van der Waals surface area contributed by atoms with E-state index < -0.39 is 29.3 Å². The second kappa shape index (κ2) is 7.31. The molecular weight excluding hydrogens is 382 g/mol. The molecule has 146 valence electrons. The number of fused-ring (bicyclic) bond motifs is 1. The summed E-state index contributed by atoms with van der Waals surface area (Å²) >= 11 is 0. The Morgan fingerprint density at radius 3 is 2.69 bits per heavy atom. The maximum atomic E-state index is 14.1. The van der Waals surface area contributed by atoms with Gasteiger partial charge in [0.2, 0.25) is 0 Å². The van der Waals surface area contributed by atoms with Crippen LogP contribution >= 0.6 is 0 Å². The van der Waals surface area contributed by atoms with Crippen molar-refractivity contribution in [3.63, 3.8) is 0 Å². The van der Waals surface area contributed by atoms with Crippen molar-refractivity contribution in [2.24, 2.45) is 0 Å². The number of Topliss-reactive ketones (excluding diaryl/α,β-unsaturated/α-hetero) is 1. The number of halogens is 2. The summed E-state index contributed by atoms with van der Waals surface area (Å²) in [4.78, 5) is 36.1. The molecule has 0 saturated carbocycles. The van der Waals surface area contributed by atoms with E-state index in [0.717, 1.165) is 24.3 Å². The van der Waals surface area contributed by atoms with Crippen molar-refractivity contribution < 1.29 is 27.9 Å². The van der Waals surface area contributed by atoms with E-state index in [9.17, 15) is 23.2 Å². The predicted molar refractivity (Wildman–Crippen MR) is 98.9 cm³/mol. The molecule has 1 aromatic heterocycles. The monoisotopic (exact) mass is 396 g/mol. The Morgan fingerprint density at radius 1 is 1.14 bits per heavy atom. The average molecular weight is 396 g/mol. The number of nitrogens with one attached hydrogen (secondary N) is 1. The van der Waals surface area contributed by atoms with Gasteiger partial charge in [0.1, 0.15) is 18.2 Å². The van der Waals surface area contributed by atoms with Crippen LogP contribution in [0.4, 0.5) is 8.78 Å². The van der Waals surface area contributed by atoms with Crippen LogP contribution in [0.25, 0.3) is 10.9 Å². The molecule has 4 rings (SSSR count). The second-order valence-corrected chi connectivity index (χ2v) is 6.48. The van der Waals surface area contributed by atoms with Crippen LogP contribution in [-0.4, -0.2) is 28.8 Å². The third-order valence-corrected chi connectivity index (χ3v) is 4.52. The molecule has 0 atom stereocenters. The third kappa shape index (κ3) is 3.64. The molecule has 1 aliphatic rings. The number of carbonyl (C=O) groups excluding carboxylic acids is 3. The number of hydrogen-bond donors (Lipinski definition) is 1. The summed E-state index contributed by atoms with van der Waals surface area (Å²) in [6.07, 6.45) is 2.53. The molecule has 0 bridgehead atoms. The number of aromatic nitrogens is 1. The van der Waals surface area contributed by atoms with Crippen LogP contribution < -0.4 is 5.32 Å². The maximum Gasteiger partial charge on any atom is 0.333 e. The fraction of sp³-hybridized carbons (Fsp3) is 0.0952. The molecule has 2 heterocycles. The van der Waals surface area contributed by atoms with Gasteiger partial charge in [-0.05, 0) is 24.3 Å². The molecular formula is C21H14F2N2O4. The van der Waals surface area contributed by atoms with Gasteiger partial charge in [0, 0.05) is 28.7 Å². The summed E-state index contributed by atoms with van der Waals surface area (Å²) in [5, 5.41) is 2.85. The number of ether oxygens (including phenoxy) is 1. The summed E-state index contributed by atoms with van der Waals surface area (Å²) in [5.41, 5.74) is 1.01. The van der Waals surface area contributed by atoms with Crippen LogP contribution in [0.3, 0.4) is 0 Å². The number of nitrogens with zero attached hydrogens (tertiary/aromatic N) is 1. The number of cyclic esters (lactones) is 1. The lowest BCUT2D eigenvalue weighted by Gasteiger charge is -2.07. The number of benzene rings is 2. The quantitative estimate of drug-likeness (QED) is 0.409. The first-order chi connectivity index (χ1) is 13.9. The first-order valence-corrected chi connectivity index (χ1v) is 8.67. The first-order valence-electron chi connectivity index (χ1n) is 8.67. The minimum Gasteiger partial charge on any atom is -0.456 e. The minimum absolute atomic E-state index is 0.0213. The number of ketones is 1. The summed E-state index contributed by atoms with van der Waals surface area (Å²) in [5.74, 6) is -3.49.